The van der Waals surface area contributed by atoms with Gasteiger partial charge < -0.3 is 9.88 Å². The van der Waals surface area contributed by atoms with Gasteiger partial charge in [0.2, 0.25) is 0 Å². The van der Waals surface area contributed by atoms with Crippen molar-refractivity contribution in [2.24, 2.45) is 7.05 Å². The van der Waals surface area contributed by atoms with E-state index in [1.165, 1.54) is 16.6 Å². The Hall–Kier alpha value is -2.36. The van der Waals surface area contributed by atoms with Gasteiger partial charge in [-0.25, -0.2) is 0 Å². The second kappa shape index (κ2) is 6.18. The molecule has 2 aromatic heterocycles. The normalized spacial score (nSPS) is 11.0. The van der Waals surface area contributed by atoms with Gasteiger partial charge in [0.15, 0.2) is 5.82 Å². The van der Waals surface area contributed by atoms with Gasteiger partial charge in [0.1, 0.15) is 0 Å². The number of aryl methyl sites for hydroxylation is 4. The average Bonchev–Trinajstić information content (AvgIpc) is 2.83. The van der Waals surface area contributed by atoms with Crippen molar-refractivity contribution in [2.45, 2.75) is 26.7 Å². The highest BCUT2D eigenvalue weighted by molar-refractivity contribution is 5.95. The van der Waals surface area contributed by atoms with E-state index in [2.05, 4.69) is 70.6 Å². The molecule has 0 fully saturated rings. The van der Waals surface area contributed by atoms with Crippen LogP contribution in [-0.2, 0) is 13.5 Å². The number of anilines is 1. The lowest BCUT2D eigenvalue weighted by atomic mass is 10.1. The van der Waals surface area contributed by atoms with Crippen molar-refractivity contribution in [1.82, 2.24) is 14.8 Å². The molecule has 0 saturated heterocycles. The molecule has 0 aliphatic carbocycles. The van der Waals surface area contributed by atoms with Crippen LogP contribution >= 0.6 is 0 Å². The summed E-state index contributed by atoms with van der Waals surface area (Å²) in [4.78, 5) is 0. The van der Waals surface area contributed by atoms with E-state index in [0.29, 0.717) is 0 Å². The lowest BCUT2D eigenvalue weighted by Gasteiger charge is -2.07. The number of hydrogen-bond acceptors (Lipinski definition) is 3. The number of nitrogens with one attached hydrogen (secondary N) is 1. The average molecular weight is 294 g/mol. The molecular formula is C18H22N4. The molecule has 0 atom stereocenters. The molecule has 4 heteroatoms. The van der Waals surface area contributed by atoms with E-state index in [4.69, 9.17) is 0 Å². The zero-order valence-corrected chi connectivity index (χ0v) is 13.4. The fourth-order valence-corrected chi connectivity index (χ4v) is 2.87. The summed E-state index contributed by atoms with van der Waals surface area (Å²) in [6, 6.07) is 10.6. The minimum absolute atomic E-state index is 0.886. The quantitative estimate of drug-likeness (QED) is 0.731. The van der Waals surface area contributed by atoms with Crippen LogP contribution in [0.15, 0.2) is 36.5 Å². The molecule has 0 aliphatic rings. The molecule has 0 bridgehead atoms. The van der Waals surface area contributed by atoms with Gasteiger partial charge in [-0.2, -0.15) is 5.10 Å². The highest BCUT2D eigenvalue weighted by Crippen LogP contribution is 2.27. The SMILES string of the molecule is Cc1nnc(NCCCc2ccccc2)c2cn(C)c(C)c12. The first kappa shape index (κ1) is 14.6. The largest absolute Gasteiger partial charge is 0.368 e. The van der Waals surface area contributed by atoms with Gasteiger partial charge in [-0.15, -0.1) is 5.10 Å². The Morgan fingerprint density at radius 1 is 1.09 bits per heavy atom. The fourth-order valence-electron chi connectivity index (χ4n) is 2.87. The molecule has 4 nitrogen and oxygen atoms in total. The molecule has 22 heavy (non-hydrogen) atoms. The molecule has 0 radical (unpaired) electrons. The maximum atomic E-state index is 4.33. The Kier molecular flexibility index (Phi) is 4.09. The number of aromatic nitrogens is 3. The first-order valence-corrected chi connectivity index (χ1v) is 7.73. The molecule has 1 N–H and O–H groups in total. The summed E-state index contributed by atoms with van der Waals surface area (Å²) >= 11 is 0. The summed E-state index contributed by atoms with van der Waals surface area (Å²) in [7, 11) is 2.06. The molecule has 1 aromatic carbocycles. The summed E-state index contributed by atoms with van der Waals surface area (Å²) in [5, 5.41) is 14.4. The second-order valence-corrected chi connectivity index (χ2v) is 5.76. The highest BCUT2D eigenvalue weighted by Gasteiger charge is 2.12. The zero-order valence-electron chi connectivity index (χ0n) is 13.4. The van der Waals surface area contributed by atoms with Gasteiger partial charge in [-0.3, -0.25) is 0 Å². The predicted octanol–water partition coefficient (Wildman–Crippen LogP) is 3.63. The Morgan fingerprint density at radius 2 is 1.86 bits per heavy atom. The Labute approximate surface area is 131 Å². The fraction of sp³-hybridized carbons (Fsp3) is 0.333. The van der Waals surface area contributed by atoms with E-state index in [9.17, 15) is 0 Å². The van der Waals surface area contributed by atoms with Crippen LogP contribution in [-0.4, -0.2) is 21.3 Å². The predicted molar refractivity (Wildman–Crippen MR) is 91.2 cm³/mol. The maximum Gasteiger partial charge on any atom is 0.158 e. The van der Waals surface area contributed by atoms with E-state index in [-0.39, 0.29) is 0 Å². The maximum absolute atomic E-state index is 4.33. The summed E-state index contributed by atoms with van der Waals surface area (Å²) in [5.74, 6) is 0.886. The van der Waals surface area contributed by atoms with E-state index >= 15 is 0 Å². The van der Waals surface area contributed by atoms with Crippen LogP contribution in [0.5, 0.6) is 0 Å². The number of hydrogen-bond donors (Lipinski definition) is 1. The van der Waals surface area contributed by atoms with Crippen LogP contribution in [0.1, 0.15) is 23.4 Å². The molecule has 114 valence electrons. The van der Waals surface area contributed by atoms with Crippen molar-refractivity contribution < 1.29 is 0 Å². The molecular weight excluding hydrogens is 272 g/mol. The Bertz CT molecular complexity index is 775. The highest BCUT2D eigenvalue weighted by atomic mass is 15.2. The lowest BCUT2D eigenvalue weighted by Crippen LogP contribution is -2.06. The van der Waals surface area contributed by atoms with Crippen LogP contribution in [0.3, 0.4) is 0 Å². The van der Waals surface area contributed by atoms with Crippen LogP contribution in [0.4, 0.5) is 5.82 Å². The van der Waals surface area contributed by atoms with Gasteiger partial charge in [0.25, 0.3) is 0 Å². The monoisotopic (exact) mass is 294 g/mol. The van der Waals surface area contributed by atoms with Gasteiger partial charge >= 0.3 is 0 Å². The number of fused-ring (bicyclic) bond motifs is 1. The smallest absolute Gasteiger partial charge is 0.158 e. The van der Waals surface area contributed by atoms with Crippen molar-refractivity contribution in [3.63, 3.8) is 0 Å². The number of rotatable bonds is 5. The number of benzene rings is 1. The lowest BCUT2D eigenvalue weighted by molar-refractivity contribution is 0.854. The van der Waals surface area contributed by atoms with Crippen molar-refractivity contribution in [1.29, 1.82) is 0 Å². The Balaban J connectivity index is 1.69. The standard InChI is InChI=1S/C18H22N4/c1-13-17-14(2)22(3)12-16(17)18(21-20-13)19-11-7-10-15-8-5-4-6-9-15/h4-6,8-9,12H,7,10-11H2,1-3H3,(H,19,21). The Morgan fingerprint density at radius 3 is 2.64 bits per heavy atom. The van der Waals surface area contributed by atoms with Crippen LogP contribution < -0.4 is 5.32 Å². The molecule has 2 heterocycles. The van der Waals surface area contributed by atoms with Crippen LogP contribution in [0.25, 0.3) is 10.8 Å². The van der Waals surface area contributed by atoms with E-state index in [1.54, 1.807) is 0 Å². The topological polar surface area (TPSA) is 42.7 Å². The van der Waals surface area contributed by atoms with Crippen LogP contribution in [0.2, 0.25) is 0 Å². The van der Waals surface area contributed by atoms with Crippen molar-refractivity contribution in [2.75, 3.05) is 11.9 Å². The first-order chi connectivity index (χ1) is 10.7. The third-order valence-electron chi connectivity index (χ3n) is 4.18. The summed E-state index contributed by atoms with van der Waals surface area (Å²) in [6.07, 6.45) is 4.28. The zero-order chi connectivity index (χ0) is 15.5. The van der Waals surface area contributed by atoms with Crippen molar-refractivity contribution >= 4 is 16.6 Å². The molecule has 3 rings (SSSR count). The van der Waals surface area contributed by atoms with E-state index < -0.39 is 0 Å². The summed E-state index contributed by atoms with van der Waals surface area (Å²) in [5.41, 5.74) is 3.60. The molecule has 0 aliphatic heterocycles. The minimum atomic E-state index is 0.886. The summed E-state index contributed by atoms with van der Waals surface area (Å²) in [6.45, 7) is 5.04. The third kappa shape index (κ3) is 2.82. The van der Waals surface area contributed by atoms with E-state index in [1.807, 2.05) is 6.92 Å². The van der Waals surface area contributed by atoms with Crippen molar-refractivity contribution in [3.8, 4) is 0 Å². The van der Waals surface area contributed by atoms with Gasteiger partial charge in [-0.1, -0.05) is 30.3 Å². The number of nitrogens with zero attached hydrogens (tertiary/aromatic N) is 3. The molecule has 0 amide bonds. The second-order valence-electron chi connectivity index (χ2n) is 5.76. The van der Waals surface area contributed by atoms with Gasteiger partial charge in [-0.05, 0) is 32.3 Å². The van der Waals surface area contributed by atoms with Gasteiger partial charge in [0.05, 0.1) is 5.69 Å². The van der Waals surface area contributed by atoms with Crippen molar-refractivity contribution in [3.05, 3.63) is 53.5 Å². The first-order valence-electron chi connectivity index (χ1n) is 7.73. The summed E-state index contributed by atoms with van der Waals surface area (Å²) < 4.78 is 2.14. The molecule has 3 aromatic rings. The molecule has 0 unspecified atom stereocenters. The van der Waals surface area contributed by atoms with Gasteiger partial charge in [0, 0.05) is 36.3 Å². The molecule has 0 saturated carbocycles. The van der Waals surface area contributed by atoms with Crippen LogP contribution in [0, 0.1) is 13.8 Å². The molecule has 0 spiro atoms. The van der Waals surface area contributed by atoms with E-state index in [0.717, 1.165) is 36.3 Å². The minimum Gasteiger partial charge on any atom is -0.368 e. The third-order valence-corrected chi connectivity index (χ3v) is 4.18.